The van der Waals surface area contributed by atoms with Gasteiger partial charge in [0.1, 0.15) is 6.10 Å². The van der Waals surface area contributed by atoms with E-state index in [2.05, 4.69) is 68.6 Å². The topological polar surface area (TPSA) is 26.6 Å². The first-order chi connectivity index (χ1) is 15.3. The van der Waals surface area contributed by atoms with Gasteiger partial charge in [0.15, 0.2) is 11.5 Å². The summed E-state index contributed by atoms with van der Waals surface area (Å²) in [5.74, 6) is 1.90. The number of methoxy groups -OCH3 is 1. The molecular weight excluding hydrogens is 396 g/mol. The molecule has 4 nitrogen and oxygen atoms in total. The molecule has 2 bridgehead atoms. The van der Waals surface area contributed by atoms with Crippen LogP contribution in [-0.4, -0.2) is 36.2 Å². The SMILES string of the molecule is COc1ccc2c3c1OC1c4c(c5cc(C)c(C)cc5n4C)CC4(C)C(C2)N(C)CCC314. The minimum absolute atomic E-state index is 0.000852. The highest BCUT2D eigenvalue weighted by molar-refractivity contribution is 5.88. The van der Waals surface area contributed by atoms with Gasteiger partial charge < -0.3 is 18.9 Å². The largest absolute Gasteiger partial charge is 0.493 e. The van der Waals surface area contributed by atoms with Gasteiger partial charge in [0.05, 0.1) is 18.2 Å². The van der Waals surface area contributed by atoms with Crippen molar-refractivity contribution >= 4 is 10.9 Å². The van der Waals surface area contributed by atoms with E-state index < -0.39 is 0 Å². The summed E-state index contributed by atoms with van der Waals surface area (Å²) in [4.78, 5) is 2.62. The first kappa shape index (κ1) is 19.0. The average molecular weight is 429 g/mol. The molecule has 2 aromatic carbocycles. The molecule has 1 aromatic heterocycles. The molecule has 4 unspecified atom stereocenters. The minimum atomic E-state index is 0.000852. The molecule has 0 amide bonds. The van der Waals surface area contributed by atoms with Crippen molar-refractivity contribution in [1.29, 1.82) is 0 Å². The van der Waals surface area contributed by atoms with Crippen LogP contribution < -0.4 is 9.47 Å². The summed E-state index contributed by atoms with van der Waals surface area (Å²) in [6.45, 7) is 8.14. The lowest BCUT2D eigenvalue weighted by atomic mass is 9.44. The molecule has 4 aliphatic rings. The molecule has 7 rings (SSSR count). The van der Waals surface area contributed by atoms with Crippen LogP contribution in [0, 0.1) is 19.3 Å². The lowest BCUT2D eigenvalue weighted by molar-refractivity contribution is -0.0912. The van der Waals surface area contributed by atoms with Crippen molar-refractivity contribution in [2.75, 3.05) is 20.7 Å². The van der Waals surface area contributed by atoms with Crippen molar-refractivity contribution in [1.82, 2.24) is 9.47 Å². The van der Waals surface area contributed by atoms with Crippen molar-refractivity contribution in [3.63, 3.8) is 0 Å². The molecule has 2 aliphatic carbocycles. The lowest BCUT2D eigenvalue weighted by Crippen LogP contribution is -2.68. The zero-order valence-corrected chi connectivity index (χ0v) is 20.0. The van der Waals surface area contributed by atoms with Crippen molar-refractivity contribution in [2.24, 2.45) is 12.5 Å². The molecule has 1 saturated heterocycles. The van der Waals surface area contributed by atoms with Gasteiger partial charge in [0.25, 0.3) is 0 Å². The molecule has 4 heteroatoms. The van der Waals surface area contributed by atoms with Crippen molar-refractivity contribution in [3.05, 3.63) is 57.8 Å². The van der Waals surface area contributed by atoms with E-state index >= 15 is 0 Å². The third-order valence-corrected chi connectivity index (χ3v) is 9.88. The average Bonchev–Trinajstić information content (AvgIpc) is 3.23. The number of rotatable bonds is 1. The van der Waals surface area contributed by atoms with Crippen LogP contribution in [0.3, 0.4) is 0 Å². The molecular formula is C28H32N2O2. The summed E-state index contributed by atoms with van der Waals surface area (Å²) in [5, 5.41) is 1.42. The summed E-state index contributed by atoms with van der Waals surface area (Å²) >= 11 is 0. The van der Waals surface area contributed by atoms with Crippen LogP contribution in [0.4, 0.5) is 0 Å². The van der Waals surface area contributed by atoms with Gasteiger partial charge in [-0.25, -0.2) is 0 Å². The number of fused-ring (bicyclic) bond motifs is 4. The van der Waals surface area contributed by atoms with Gasteiger partial charge in [-0.3, -0.25) is 0 Å². The van der Waals surface area contributed by atoms with Gasteiger partial charge in [0.2, 0.25) is 0 Å². The van der Waals surface area contributed by atoms with Crippen molar-refractivity contribution in [2.45, 2.75) is 57.6 Å². The Morgan fingerprint density at radius 2 is 1.91 bits per heavy atom. The molecule has 3 heterocycles. The van der Waals surface area contributed by atoms with Gasteiger partial charge in [0, 0.05) is 35.0 Å². The Kier molecular flexibility index (Phi) is 3.40. The minimum Gasteiger partial charge on any atom is -0.493 e. The van der Waals surface area contributed by atoms with Gasteiger partial charge in [-0.2, -0.15) is 0 Å². The number of likely N-dealkylation sites (N-methyl/N-ethyl adjacent to an activating group) is 1. The van der Waals surface area contributed by atoms with Crippen LogP contribution >= 0.6 is 0 Å². The first-order valence-electron chi connectivity index (χ1n) is 12.0. The number of hydrogen-bond donors (Lipinski definition) is 0. The fraction of sp³-hybridized carbons (Fsp3) is 0.500. The summed E-state index contributed by atoms with van der Waals surface area (Å²) in [5.41, 5.74) is 10.00. The van der Waals surface area contributed by atoms with Crippen molar-refractivity contribution in [3.8, 4) is 11.5 Å². The molecule has 166 valence electrons. The highest BCUT2D eigenvalue weighted by Gasteiger charge is 2.70. The van der Waals surface area contributed by atoms with E-state index in [9.17, 15) is 0 Å². The Bertz CT molecular complexity index is 1340. The number of benzene rings is 2. The third-order valence-electron chi connectivity index (χ3n) is 9.88. The van der Waals surface area contributed by atoms with Crippen LogP contribution in [0.1, 0.15) is 53.0 Å². The maximum Gasteiger partial charge on any atom is 0.166 e. The van der Waals surface area contributed by atoms with E-state index in [4.69, 9.17) is 9.47 Å². The fourth-order valence-corrected chi connectivity index (χ4v) is 8.14. The molecule has 0 saturated carbocycles. The quantitative estimate of drug-likeness (QED) is 0.546. The second-order valence-corrected chi connectivity index (χ2v) is 11.0. The molecule has 0 N–H and O–H groups in total. The fourth-order valence-electron chi connectivity index (χ4n) is 8.14. The van der Waals surface area contributed by atoms with E-state index in [-0.39, 0.29) is 16.9 Å². The second-order valence-electron chi connectivity index (χ2n) is 11.0. The monoisotopic (exact) mass is 428 g/mol. The van der Waals surface area contributed by atoms with Crippen molar-refractivity contribution < 1.29 is 9.47 Å². The first-order valence-corrected chi connectivity index (χ1v) is 12.0. The molecule has 1 fully saturated rings. The van der Waals surface area contributed by atoms with Gasteiger partial charge in [-0.15, -0.1) is 0 Å². The van der Waals surface area contributed by atoms with E-state index in [0.717, 1.165) is 37.3 Å². The number of likely N-dealkylation sites (tertiary alicyclic amines) is 1. The number of ether oxygens (including phenoxy) is 2. The number of nitrogens with zero attached hydrogens (tertiary/aromatic N) is 2. The normalized spacial score (nSPS) is 31.9. The predicted octanol–water partition coefficient (Wildman–Crippen LogP) is 5.00. The Morgan fingerprint density at radius 1 is 1.12 bits per heavy atom. The number of hydrogen-bond acceptors (Lipinski definition) is 3. The van der Waals surface area contributed by atoms with Gasteiger partial charge in [-0.05, 0) is 87.2 Å². The van der Waals surface area contributed by atoms with Crippen LogP contribution in [0.15, 0.2) is 24.3 Å². The molecule has 3 aromatic rings. The summed E-state index contributed by atoms with van der Waals surface area (Å²) in [6.07, 6.45) is 3.37. The molecule has 1 spiro atoms. The van der Waals surface area contributed by atoms with E-state index in [0.29, 0.717) is 6.04 Å². The predicted molar refractivity (Wildman–Crippen MR) is 127 cm³/mol. The van der Waals surface area contributed by atoms with Gasteiger partial charge >= 0.3 is 0 Å². The van der Waals surface area contributed by atoms with Crippen LogP contribution in [-0.2, 0) is 25.3 Å². The van der Waals surface area contributed by atoms with Crippen LogP contribution in [0.2, 0.25) is 0 Å². The molecule has 0 radical (unpaired) electrons. The maximum atomic E-state index is 7.03. The highest BCUT2D eigenvalue weighted by Crippen LogP contribution is 2.72. The molecule has 4 atom stereocenters. The van der Waals surface area contributed by atoms with Gasteiger partial charge in [-0.1, -0.05) is 13.0 Å². The zero-order chi connectivity index (χ0) is 22.2. The molecule has 32 heavy (non-hydrogen) atoms. The maximum absolute atomic E-state index is 7.03. The number of piperidine rings is 1. The molecule has 2 aliphatic heterocycles. The van der Waals surface area contributed by atoms with Crippen LogP contribution in [0.5, 0.6) is 11.5 Å². The number of aryl methyl sites for hydroxylation is 3. The Labute approximate surface area is 190 Å². The standard InChI is InChI=1S/C28H32N2O2/c1-15-11-18-19-14-27(3)22-13-17-7-8-21(31-6)25-23(17)28(27,9-10-29(22)4)26(32-25)24(19)30(5)20(18)12-16(15)2/h7-8,11-12,22,26H,9-10,13-14H2,1-6H3. The summed E-state index contributed by atoms with van der Waals surface area (Å²) in [6, 6.07) is 9.74. The second kappa shape index (κ2) is 5.72. The Balaban J connectivity index is 1.61. The van der Waals surface area contributed by atoms with E-state index in [1.54, 1.807) is 7.11 Å². The summed E-state index contributed by atoms with van der Waals surface area (Å²) < 4.78 is 15.3. The lowest BCUT2D eigenvalue weighted by Gasteiger charge is -2.64. The van der Waals surface area contributed by atoms with E-state index in [1.165, 1.54) is 44.4 Å². The van der Waals surface area contributed by atoms with Crippen LogP contribution in [0.25, 0.3) is 10.9 Å². The summed E-state index contributed by atoms with van der Waals surface area (Å²) in [7, 11) is 6.35. The number of aromatic nitrogens is 1. The van der Waals surface area contributed by atoms with E-state index in [1.807, 2.05) is 0 Å². The Hall–Kier alpha value is -2.46. The third kappa shape index (κ3) is 1.84. The Morgan fingerprint density at radius 3 is 2.69 bits per heavy atom. The zero-order valence-electron chi connectivity index (χ0n) is 20.0. The smallest absolute Gasteiger partial charge is 0.166 e. The highest BCUT2D eigenvalue weighted by atomic mass is 16.5.